The first-order valence-corrected chi connectivity index (χ1v) is 13.6. The Labute approximate surface area is 190 Å². The van der Waals surface area contributed by atoms with E-state index in [1.165, 1.54) is 69.9 Å². The lowest BCUT2D eigenvalue weighted by Crippen LogP contribution is -2.65. The smallest absolute Gasteiger partial charge is 0.230 e. The highest BCUT2D eigenvalue weighted by Gasteiger charge is 2.69. The summed E-state index contributed by atoms with van der Waals surface area (Å²) in [5, 5.41) is 7.01. The van der Waals surface area contributed by atoms with Crippen LogP contribution in [0.2, 0.25) is 0 Å². The molecule has 5 rings (SSSR count). The van der Waals surface area contributed by atoms with Crippen LogP contribution in [-0.4, -0.2) is 22.7 Å². The molecule has 0 aromatic heterocycles. The molecule has 8 atom stereocenters. The molecule has 1 aliphatic heterocycles. The van der Waals surface area contributed by atoms with E-state index in [2.05, 4.69) is 34.6 Å². The van der Waals surface area contributed by atoms with E-state index in [9.17, 15) is 4.79 Å². The van der Waals surface area contributed by atoms with Gasteiger partial charge < -0.3 is 0 Å². The van der Waals surface area contributed by atoms with Gasteiger partial charge in [-0.2, -0.15) is 5.10 Å². The van der Waals surface area contributed by atoms with Gasteiger partial charge in [0.05, 0.1) is 5.54 Å². The number of nitrogens with zero attached hydrogens (tertiary/aromatic N) is 2. The molecule has 4 saturated carbocycles. The monoisotopic (exact) mass is 426 g/mol. The first kappa shape index (κ1) is 22.0. The Morgan fingerprint density at radius 1 is 1.03 bits per heavy atom. The molecule has 0 aromatic rings. The third-order valence-corrected chi connectivity index (χ3v) is 11.5. The molecule has 174 valence electrons. The van der Waals surface area contributed by atoms with Crippen LogP contribution in [0.25, 0.3) is 0 Å². The fraction of sp³-hybridized carbons (Fsp3) is 0.929. The lowest BCUT2D eigenvalue weighted by Gasteiger charge is -2.63. The van der Waals surface area contributed by atoms with E-state index in [4.69, 9.17) is 5.10 Å². The number of fused-ring (bicyclic) bond motifs is 6. The van der Waals surface area contributed by atoms with Crippen LogP contribution in [0.4, 0.5) is 0 Å². The fourth-order valence-electron chi connectivity index (χ4n) is 9.93. The number of carbonyl (C=O) groups excluding carboxylic acids is 1. The number of carbonyl (C=O) groups is 1. The number of hydrogen-bond donors (Lipinski definition) is 0. The zero-order chi connectivity index (χ0) is 22.0. The summed E-state index contributed by atoms with van der Waals surface area (Å²) in [6, 6.07) is 0. The van der Waals surface area contributed by atoms with Gasteiger partial charge >= 0.3 is 0 Å². The maximum absolute atomic E-state index is 12.1. The van der Waals surface area contributed by atoms with Crippen molar-refractivity contribution >= 4 is 12.1 Å². The van der Waals surface area contributed by atoms with Gasteiger partial charge in [0, 0.05) is 18.1 Å². The quantitative estimate of drug-likeness (QED) is 0.418. The topological polar surface area (TPSA) is 32.7 Å². The second kappa shape index (κ2) is 7.59. The number of rotatable bonds is 6. The SMILES string of the molecule is CC(C)CCC[C@@H](C)[C@H]1CC[C@H]2[C@@H]3C4=NN(C=O)[C@@]5(CCCC[C@]5(C)[C@H]3CC[C@]12C)C4. The van der Waals surface area contributed by atoms with Crippen molar-refractivity contribution in [3.05, 3.63) is 0 Å². The minimum absolute atomic E-state index is 0.000610. The van der Waals surface area contributed by atoms with E-state index in [0.29, 0.717) is 11.3 Å². The number of hydrogen-bond acceptors (Lipinski definition) is 2. The number of hydrazone groups is 1. The van der Waals surface area contributed by atoms with Crippen molar-refractivity contribution in [2.45, 2.75) is 117 Å². The molecule has 0 aromatic carbocycles. The van der Waals surface area contributed by atoms with Gasteiger partial charge in [0.25, 0.3) is 0 Å². The molecular formula is C28H46N2O. The van der Waals surface area contributed by atoms with Crippen LogP contribution in [0, 0.1) is 46.3 Å². The average molecular weight is 427 g/mol. The molecule has 0 radical (unpaired) electrons. The van der Waals surface area contributed by atoms with Crippen molar-refractivity contribution in [3.8, 4) is 0 Å². The maximum Gasteiger partial charge on any atom is 0.230 e. The Hall–Kier alpha value is -0.860. The minimum atomic E-state index is -0.000610. The van der Waals surface area contributed by atoms with Gasteiger partial charge in [-0.25, -0.2) is 5.01 Å². The van der Waals surface area contributed by atoms with Crippen molar-refractivity contribution in [3.63, 3.8) is 0 Å². The predicted octanol–water partition coefficient (Wildman–Crippen LogP) is 7.06. The Morgan fingerprint density at radius 3 is 2.55 bits per heavy atom. The Balaban J connectivity index is 1.43. The molecule has 3 heteroatoms. The molecule has 31 heavy (non-hydrogen) atoms. The van der Waals surface area contributed by atoms with Gasteiger partial charge in [0.1, 0.15) is 0 Å². The highest BCUT2D eigenvalue weighted by atomic mass is 16.1. The summed E-state index contributed by atoms with van der Waals surface area (Å²) in [7, 11) is 0. The largest absolute Gasteiger partial charge is 0.277 e. The molecule has 2 bridgehead atoms. The van der Waals surface area contributed by atoms with Crippen molar-refractivity contribution in [2.75, 3.05) is 0 Å². The fourth-order valence-corrected chi connectivity index (χ4v) is 9.93. The van der Waals surface area contributed by atoms with Gasteiger partial charge in [0.15, 0.2) is 0 Å². The molecular weight excluding hydrogens is 380 g/mol. The molecule has 4 aliphatic carbocycles. The van der Waals surface area contributed by atoms with E-state index in [0.717, 1.165) is 48.8 Å². The third kappa shape index (κ3) is 2.96. The van der Waals surface area contributed by atoms with E-state index in [1.54, 1.807) is 0 Å². The Bertz CT molecular complexity index is 745. The molecule has 5 aliphatic rings. The van der Waals surface area contributed by atoms with Crippen LogP contribution >= 0.6 is 0 Å². The summed E-state index contributed by atoms with van der Waals surface area (Å²) >= 11 is 0. The Morgan fingerprint density at radius 2 is 1.81 bits per heavy atom. The minimum Gasteiger partial charge on any atom is -0.277 e. The number of amides is 1. The van der Waals surface area contributed by atoms with Crippen molar-refractivity contribution in [1.82, 2.24) is 5.01 Å². The van der Waals surface area contributed by atoms with E-state index >= 15 is 0 Å². The molecule has 1 amide bonds. The third-order valence-electron chi connectivity index (χ3n) is 11.5. The van der Waals surface area contributed by atoms with Crippen LogP contribution in [-0.2, 0) is 4.79 Å². The van der Waals surface area contributed by atoms with Crippen LogP contribution in [0.1, 0.15) is 112 Å². The molecule has 1 spiro atoms. The van der Waals surface area contributed by atoms with E-state index in [-0.39, 0.29) is 11.0 Å². The molecule has 0 saturated heterocycles. The van der Waals surface area contributed by atoms with Crippen LogP contribution in [0.5, 0.6) is 0 Å². The van der Waals surface area contributed by atoms with Gasteiger partial charge in [-0.1, -0.05) is 66.7 Å². The van der Waals surface area contributed by atoms with Crippen LogP contribution in [0.3, 0.4) is 0 Å². The molecule has 0 unspecified atom stereocenters. The predicted molar refractivity (Wildman–Crippen MR) is 128 cm³/mol. The lowest BCUT2D eigenvalue weighted by atomic mass is 9.42. The second-order valence-electron chi connectivity index (χ2n) is 13.1. The highest BCUT2D eigenvalue weighted by molar-refractivity contribution is 5.92. The lowest BCUT2D eigenvalue weighted by molar-refractivity contribution is -0.146. The average Bonchev–Trinajstić information content (AvgIpc) is 3.25. The van der Waals surface area contributed by atoms with E-state index < -0.39 is 0 Å². The molecule has 3 nitrogen and oxygen atoms in total. The highest BCUT2D eigenvalue weighted by Crippen LogP contribution is 2.70. The van der Waals surface area contributed by atoms with Gasteiger partial charge in [-0.3, -0.25) is 4.79 Å². The summed E-state index contributed by atoms with van der Waals surface area (Å²) in [4.78, 5) is 12.1. The van der Waals surface area contributed by atoms with Crippen LogP contribution in [0.15, 0.2) is 5.10 Å². The van der Waals surface area contributed by atoms with E-state index in [1.807, 2.05) is 5.01 Å². The summed E-state index contributed by atoms with van der Waals surface area (Å²) in [5.74, 6) is 4.70. The summed E-state index contributed by atoms with van der Waals surface area (Å²) in [6.07, 6.45) is 16.9. The first-order chi connectivity index (χ1) is 14.8. The van der Waals surface area contributed by atoms with Crippen molar-refractivity contribution in [1.29, 1.82) is 0 Å². The zero-order valence-electron chi connectivity index (χ0n) is 20.8. The standard InChI is InChI=1S/C28H46N2O/c1-19(2)9-8-10-20(3)21-11-12-22-25-23(13-16-26(21,22)4)27(5)14-6-7-15-28(27)17-24(25)29-30(28)18-31/h18-23,25H,6-17H2,1-5H3/t20-,21-,22+,23+,25+,26-,27-,28+/m1/s1. The Kier molecular flexibility index (Phi) is 5.38. The first-order valence-electron chi connectivity index (χ1n) is 13.6. The normalized spacial score (nSPS) is 46.9. The second-order valence-corrected chi connectivity index (χ2v) is 13.1. The summed E-state index contributed by atoms with van der Waals surface area (Å²) in [6.45, 7) is 12.5. The molecule has 0 N–H and O–H groups in total. The summed E-state index contributed by atoms with van der Waals surface area (Å²) in [5.41, 5.74) is 2.14. The van der Waals surface area contributed by atoms with Crippen molar-refractivity contribution < 1.29 is 4.79 Å². The summed E-state index contributed by atoms with van der Waals surface area (Å²) < 4.78 is 0. The van der Waals surface area contributed by atoms with Gasteiger partial charge in [-0.15, -0.1) is 0 Å². The van der Waals surface area contributed by atoms with Gasteiger partial charge in [0.2, 0.25) is 6.41 Å². The zero-order valence-corrected chi connectivity index (χ0v) is 20.8. The van der Waals surface area contributed by atoms with Crippen LogP contribution < -0.4 is 0 Å². The maximum atomic E-state index is 12.1. The van der Waals surface area contributed by atoms with Gasteiger partial charge in [-0.05, 0) is 78.9 Å². The molecule has 1 heterocycles. The molecule has 4 fully saturated rings. The van der Waals surface area contributed by atoms with Crippen molar-refractivity contribution in [2.24, 2.45) is 51.4 Å².